The van der Waals surface area contributed by atoms with E-state index in [1.807, 2.05) is 32.0 Å². The first-order valence-corrected chi connectivity index (χ1v) is 5.99. The summed E-state index contributed by atoms with van der Waals surface area (Å²) in [7, 11) is 0. The van der Waals surface area contributed by atoms with Crippen LogP contribution in [0.15, 0.2) is 39.4 Å². The fourth-order valence-electron chi connectivity index (χ4n) is 1.46. The fraction of sp³-hybridized carbons (Fsp3) is 0.154. The van der Waals surface area contributed by atoms with Gasteiger partial charge in [0.2, 0.25) is 0 Å². The maximum Gasteiger partial charge on any atom is 0.291 e. The lowest BCUT2D eigenvalue weighted by atomic mass is 10.2. The summed E-state index contributed by atoms with van der Waals surface area (Å²) in [5, 5.41) is 2.79. The molecule has 3 nitrogen and oxygen atoms in total. The number of furan rings is 1. The number of aryl methyl sites for hydroxylation is 2. The molecule has 0 radical (unpaired) electrons. The van der Waals surface area contributed by atoms with E-state index >= 15 is 0 Å². The van der Waals surface area contributed by atoms with E-state index in [2.05, 4.69) is 21.2 Å². The fourth-order valence-corrected chi connectivity index (χ4v) is 1.84. The van der Waals surface area contributed by atoms with Crippen LogP contribution in [0.25, 0.3) is 0 Å². The third-order valence-corrected chi connectivity index (χ3v) is 3.35. The third kappa shape index (κ3) is 2.58. The highest BCUT2D eigenvalue weighted by molar-refractivity contribution is 9.10. The number of carbonyl (C=O) groups excluding carboxylic acids is 1. The Balaban J connectivity index is 2.19. The molecular formula is C13H12BrNO2. The van der Waals surface area contributed by atoms with Crippen LogP contribution in [0.3, 0.4) is 0 Å². The lowest BCUT2D eigenvalue weighted by molar-refractivity contribution is 0.0996. The molecule has 1 aromatic heterocycles. The van der Waals surface area contributed by atoms with Crippen molar-refractivity contribution in [3.05, 3.63) is 51.9 Å². The smallest absolute Gasteiger partial charge is 0.291 e. The van der Waals surface area contributed by atoms with Crippen LogP contribution < -0.4 is 5.32 Å². The summed E-state index contributed by atoms with van der Waals surface area (Å²) in [5.74, 6) is 0.116. The zero-order chi connectivity index (χ0) is 12.4. The monoisotopic (exact) mass is 293 g/mol. The van der Waals surface area contributed by atoms with Crippen molar-refractivity contribution in [1.82, 2.24) is 0 Å². The molecule has 88 valence electrons. The van der Waals surface area contributed by atoms with Gasteiger partial charge in [-0.3, -0.25) is 4.79 Å². The number of hydrogen-bond acceptors (Lipinski definition) is 2. The van der Waals surface area contributed by atoms with E-state index in [4.69, 9.17) is 4.42 Å². The lowest BCUT2D eigenvalue weighted by Gasteiger charge is -2.05. The maximum atomic E-state index is 11.9. The molecule has 1 amide bonds. The first-order valence-electron chi connectivity index (χ1n) is 5.19. The molecule has 0 bridgehead atoms. The molecule has 1 N–H and O–H groups in total. The number of halogens is 1. The van der Waals surface area contributed by atoms with Gasteiger partial charge in [-0.1, -0.05) is 22.0 Å². The van der Waals surface area contributed by atoms with Crippen LogP contribution in [0.1, 0.15) is 21.7 Å². The molecule has 0 aliphatic carbocycles. The van der Waals surface area contributed by atoms with Crippen molar-refractivity contribution in [1.29, 1.82) is 0 Å². The second-order valence-electron chi connectivity index (χ2n) is 3.85. The molecule has 1 aromatic carbocycles. The van der Waals surface area contributed by atoms with Crippen LogP contribution in [-0.4, -0.2) is 5.91 Å². The van der Waals surface area contributed by atoms with Crippen LogP contribution in [0.2, 0.25) is 0 Å². The molecule has 0 saturated heterocycles. The second-order valence-corrected chi connectivity index (χ2v) is 4.71. The molecular weight excluding hydrogens is 282 g/mol. The molecule has 0 atom stereocenters. The molecule has 0 saturated carbocycles. The molecule has 2 aromatic rings. The predicted octanol–water partition coefficient (Wildman–Crippen LogP) is 3.91. The quantitative estimate of drug-likeness (QED) is 0.912. The van der Waals surface area contributed by atoms with Crippen molar-refractivity contribution in [2.45, 2.75) is 13.8 Å². The van der Waals surface area contributed by atoms with E-state index in [0.29, 0.717) is 5.76 Å². The van der Waals surface area contributed by atoms with Crippen molar-refractivity contribution >= 4 is 27.5 Å². The third-order valence-electron chi connectivity index (χ3n) is 2.50. The number of benzene rings is 1. The van der Waals surface area contributed by atoms with Crippen LogP contribution in [0.4, 0.5) is 5.69 Å². The minimum atomic E-state index is -0.233. The maximum absolute atomic E-state index is 11.9. The zero-order valence-corrected chi connectivity index (χ0v) is 11.2. The van der Waals surface area contributed by atoms with E-state index in [1.165, 1.54) is 6.26 Å². The number of hydrogen-bond donors (Lipinski definition) is 1. The minimum absolute atomic E-state index is 0.233. The molecule has 17 heavy (non-hydrogen) atoms. The summed E-state index contributed by atoms with van der Waals surface area (Å²) in [6.45, 7) is 3.83. The Labute approximate surface area is 108 Å². The molecule has 0 unspecified atom stereocenters. The summed E-state index contributed by atoms with van der Waals surface area (Å²) < 4.78 is 6.09. The van der Waals surface area contributed by atoms with Gasteiger partial charge in [0, 0.05) is 15.7 Å². The van der Waals surface area contributed by atoms with Crippen LogP contribution >= 0.6 is 15.9 Å². The molecule has 0 fully saturated rings. The van der Waals surface area contributed by atoms with Crippen LogP contribution in [0, 0.1) is 13.8 Å². The van der Waals surface area contributed by atoms with Crippen molar-refractivity contribution in [3.63, 3.8) is 0 Å². The van der Waals surface area contributed by atoms with Gasteiger partial charge in [0.25, 0.3) is 5.91 Å². The standard InChI is InChI=1S/C13H12BrNO2/c1-8-3-4-10(7-11(8)14)15-13(16)12-9(2)5-6-17-12/h3-7H,1-2H3,(H,15,16). The highest BCUT2D eigenvalue weighted by Crippen LogP contribution is 2.21. The topological polar surface area (TPSA) is 42.2 Å². The Morgan fingerprint density at radius 1 is 1.24 bits per heavy atom. The van der Waals surface area contributed by atoms with E-state index in [9.17, 15) is 4.79 Å². The summed E-state index contributed by atoms with van der Waals surface area (Å²) in [5.41, 5.74) is 2.69. The van der Waals surface area contributed by atoms with Crippen LogP contribution in [0.5, 0.6) is 0 Å². The van der Waals surface area contributed by atoms with Gasteiger partial charge in [-0.25, -0.2) is 0 Å². The summed E-state index contributed by atoms with van der Waals surface area (Å²) in [6.07, 6.45) is 1.51. The molecule has 0 aliphatic heterocycles. The number of amides is 1. The van der Waals surface area contributed by atoms with Gasteiger partial charge in [0.1, 0.15) is 0 Å². The lowest BCUT2D eigenvalue weighted by Crippen LogP contribution is -2.12. The molecule has 4 heteroatoms. The van der Waals surface area contributed by atoms with Crippen molar-refractivity contribution in [2.75, 3.05) is 5.32 Å². The van der Waals surface area contributed by atoms with E-state index in [1.54, 1.807) is 6.07 Å². The number of rotatable bonds is 2. The predicted molar refractivity (Wildman–Crippen MR) is 70.3 cm³/mol. The van der Waals surface area contributed by atoms with E-state index in [0.717, 1.165) is 21.3 Å². The Bertz CT molecular complexity index is 560. The summed E-state index contributed by atoms with van der Waals surface area (Å²) in [4.78, 5) is 11.9. The first kappa shape index (κ1) is 11.9. The highest BCUT2D eigenvalue weighted by atomic mass is 79.9. The SMILES string of the molecule is Cc1ccc(NC(=O)c2occc2C)cc1Br. The van der Waals surface area contributed by atoms with Crippen molar-refractivity contribution in [2.24, 2.45) is 0 Å². The molecule has 2 rings (SSSR count). The normalized spacial score (nSPS) is 10.3. The van der Waals surface area contributed by atoms with Gasteiger partial charge in [-0.15, -0.1) is 0 Å². The summed E-state index contributed by atoms with van der Waals surface area (Å²) in [6, 6.07) is 7.43. The largest absolute Gasteiger partial charge is 0.459 e. The summed E-state index contributed by atoms with van der Waals surface area (Å²) >= 11 is 3.42. The van der Waals surface area contributed by atoms with E-state index in [-0.39, 0.29) is 5.91 Å². The number of anilines is 1. The van der Waals surface area contributed by atoms with Gasteiger partial charge >= 0.3 is 0 Å². The number of carbonyl (C=O) groups is 1. The van der Waals surface area contributed by atoms with Gasteiger partial charge < -0.3 is 9.73 Å². The molecule has 1 heterocycles. The van der Waals surface area contributed by atoms with Crippen molar-refractivity contribution < 1.29 is 9.21 Å². The average Bonchev–Trinajstić information content (AvgIpc) is 2.70. The molecule has 0 aliphatic rings. The minimum Gasteiger partial charge on any atom is -0.459 e. The Morgan fingerprint density at radius 3 is 2.59 bits per heavy atom. The number of nitrogens with one attached hydrogen (secondary N) is 1. The van der Waals surface area contributed by atoms with E-state index < -0.39 is 0 Å². The van der Waals surface area contributed by atoms with Gasteiger partial charge in [-0.05, 0) is 37.6 Å². The van der Waals surface area contributed by atoms with Gasteiger partial charge in [-0.2, -0.15) is 0 Å². The highest BCUT2D eigenvalue weighted by Gasteiger charge is 2.12. The Kier molecular flexibility index (Phi) is 3.33. The van der Waals surface area contributed by atoms with Crippen molar-refractivity contribution in [3.8, 4) is 0 Å². The van der Waals surface area contributed by atoms with Crippen LogP contribution in [-0.2, 0) is 0 Å². The van der Waals surface area contributed by atoms with Gasteiger partial charge in [0.15, 0.2) is 5.76 Å². The molecule has 0 spiro atoms. The second kappa shape index (κ2) is 4.75. The first-order chi connectivity index (χ1) is 8.08. The van der Waals surface area contributed by atoms with Gasteiger partial charge in [0.05, 0.1) is 6.26 Å². The average molecular weight is 294 g/mol. The zero-order valence-electron chi connectivity index (χ0n) is 9.58. The Morgan fingerprint density at radius 2 is 2.00 bits per heavy atom. The Hall–Kier alpha value is -1.55.